The monoisotopic (exact) mass is 348 g/mol. The van der Waals surface area contributed by atoms with Gasteiger partial charge in [-0.1, -0.05) is 37.3 Å². The molecule has 1 aromatic heterocycles. The number of benzene rings is 2. The zero-order valence-corrected chi connectivity index (χ0v) is 14.4. The van der Waals surface area contributed by atoms with E-state index in [1.54, 1.807) is 36.4 Å². The lowest BCUT2D eigenvalue weighted by Crippen LogP contribution is -2.27. The van der Waals surface area contributed by atoms with Crippen molar-refractivity contribution in [3.05, 3.63) is 89.9 Å². The van der Waals surface area contributed by atoms with Crippen LogP contribution in [0.1, 0.15) is 39.3 Å². The molecule has 1 unspecified atom stereocenters. The Kier molecular flexibility index (Phi) is 5.49. The van der Waals surface area contributed by atoms with Crippen LogP contribution in [0.15, 0.2) is 77.4 Å². The minimum atomic E-state index is -0.330. The molecular weight excluding hydrogens is 328 g/mol. The second-order valence-electron chi connectivity index (χ2n) is 6.03. The van der Waals surface area contributed by atoms with E-state index < -0.39 is 0 Å². The Balaban J connectivity index is 1.54. The van der Waals surface area contributed by atoms with Crippen molar-refractivity contribution in [1.82, 2.24) is 5.32 Å². The molecule has 3 rings (SSSR count). The van der Waals surface area contributed by atoms with Crippen molar-refractivity contribution in [1.29, 1.82) is 0 Å². The van der Waals surface area contributed by atoms with Gasteiger partial charge in [0, 0.05) is 17.8 Å². The molecule has 132 valence electrons. The molecule has 0 bridgehead atoms. The summed E-state index contributed by atoms with van der Waals surface area (Å²) in [7, 11) is 0. The van der Waals surface area contributed by atoms with Crippen LogP contribution in [0.25, 0.3) is 0 Å². The largest absolute Gasteiger partial charge is 0.459 e. The third-order valence-electron chi connectivity index (χ3n) is 4.09. The molecule has 2 amide bonds. The topological polar surface area (TPSA) is 71.3 Å². The van der Waals surface area contributed by atoms with Crippen LogP contribution in [0.5, 0.6) is 0 Å². The minimum Gasteiger partial charge on any atom is -0.459 e. The van der Waals surface area contributed by atoms with Gasteiger partial charge in [0.1, 0.15) is 0 Å². The van der Waals surface area contributed by atoms with Crippen LogP contribution in [0, 0.1) is 0 Å². The molecule has 0 saturated carbocycles. The van der Waals surface area contributed by atoms with Gasteiger partial charge in [-0.25, -0.2) is 0 Å². The second kappa shape index (κ2) is 8.16. The Morgan fingerprint density at radius 3 is 2.31 bits per heavy atom. The highest BCUT2D eigenvalue weighted by Gasteiger charge is 2.11. The number of anilines is 1. The molecule has 0 aliphatic heterocycles. The second-order valence-corrected chi connectivity index (χ2v) is 6.03. The number of furan rings is 1. The summed E-state index contributed by atoms with van der Waals surface area (Å²) < 4.78 is 5.04. The van der Waals surface area contributed by atoms with Gasteiger partial charge in [-0.15, -0.1) is 0 Å². The number of nitrogens with one attached hydrogen (secondary N) is 2. The molecule has 3 aromatic rings. The first-order valence-electron chi connectivity index (χ1n) is 8.41. The van der Waals surface area contributed by atoms with Crippen molar-refractivity contribution in [2.24, 2.45) is 0 Å². The maximum absolute atomic E-state index is 12.3. The SMILES string of the molecule is CC(CNC(=O)c1ccc(NC(=O)c2ccco2)cc1)c1ccccc1. The molecular formula is C21H20N2O3. The van der Waals surface area contributed by atoms with E-state index in [2.05, 4.69) is 17.6 Å². The van der Waals surface area contributed by atoms with Crippen molar-refractivity contribution in [3.8, 4) is 0 Å². The van der Waals surface area contributed by atoms with E-state index in [0.29, 0.717) is 17.8 Å². The van der Waals surface area contributed by atoms with E-state index in [4.69, 9.17) is 4.42 Å². The van der Waals surface area contributed by atoms with Gasteiger partial charge < -0.3 is 15.1 Å². The lowest BCUT2D eigenvalue weighted by atomic mass is 10.0. The fourth-order valence-electron chi connectivity index (χ4n) is 2.55. The predicted octanol–water partition coefficient (Wildman–Crippen LogP) is 4.07. The molecule has 0 spiro atoms. The van der Waals surface area contributed by atoms with Gasteiger partial charge >= 0.3 is 0 Å². The van der Waals surface area contributed by atoms with Crippen LogP contribution in [0.3, 0.4) is 0 Å². The van der Waals surface area contributed by atoms with Gasteiger partial charge in [0.25, 0.3) is 11.8 Å². The molecule has 2 aromatic carbocycles. The average molecular weight is 348 g/mol. The van der Waals surface area contributed by atoms with Crippen molar-refractivity contribution in [2.45, 2.75) is 12.8 Å². The molecule has 0 aliphatic carbocycles. The third-order valence-corrected chi connectivity index (χ3v) is 4.09. The van der Waals surface area contributed by atoms with Crippen LogP contribution in [-0.4, -0.2) is 18.4 Å². The third kappa shape index (κ3) is 4.39. The summed E-state index contributed by atoms with van der Waals surface area (Å²) in [6.45, 7) is 2.63. The van der Waals surface area contributed by atoms with Crippen LogP contribution >= 0.6 is 0 Å². The lowest BCUT2D eigenvalue weighted by Gasteiger charge is -2.13. The molecule has 0 aliphatic rings. The Morgan fingerprint density at radius 1 is 0.923 bits per heavy atom. The summed E-state index contributed by atoms with van der Waals surface area (Å²) in [4.78, 5) is 24.2. The van der Waals surface area contributed by atoms with Crippen LogP contribution in [0.2, 0.25) is 0 Å². The summed E-state index contributed by atoms with van der Waals surface area (Å²) in [6, 6.07) is 20.0. The fraction of sp³-hybridized carbons (Fsp3) is 0.143. The molecule has 5 heteroatoms. The highest BCUT2D eigenvalue weighted by atomic mass is 16.3. The molecule has 1 atom stereocenters. The quantitative estimate of drug-likeness (QED) is 0.705. The lowest BCUT2D eigenvalue weighted by molar-refractivity contribution is 0.0950. The maximum Gasteiger partial charge on any atom is 0.291 e. The highest BCUT2D eigenvalue weighted by molar-refractivity contribution is 6.02. The van der Waals surface area contributed by atoms with Crippen molar-refractivity contribution < 1.29 is 14.0 Å². The zero-order chi connectivity index (χ0) is 18.4. The highest BCUT2D eigenvalue weighted by Crippen LogP contribution is 2.14. The van der Waals surface area contributed by atoms with Crippen molar-refractivity contribution >= 4 is 17.5 Å². The van der Waals surface area contributed by atoms with Gasteiger partial charge in [-0.2, -0.15) is 0 Å². The summed E-state index contributed by atoms with van der Waals surface area (Å²) in [6.07, 6.45) is 1.44. The molecule has 5 nitrogen and oxygen atoms in total. The van der Waals surface area contributed by atoms with Gasteiger partial charge in [0.15, 0.2) is 5.76 Å². The van der Waals surface area contributed by atoms with Gasteiger partial charge in [0.05, 0.1) is 6.26 Å². The van der Waals surface area contributed by atoms with Gasteiger partial charge in [-0.3, -0.25) is 9.59 Å². The maximum atomic E-state index is 12.3. The normalized spacial score (nSPS) is 11.6. The number of hydrogen-bond acceptors (Lipinski definition) is 3. The van der Waals surface area contributed by atoms with E-state index in [9.17, 15) is 9.59 Å². The van der Waals surface area contributed by atoms with E-state index in [1.807, 2.05) is 30.3 Å². The first-order valence-corrected chi connectivity index (χ1v) is 8.41. The summed E-state index contributed by atoms with van der Waals surface area (Å²) in [5.41, 5.74) is 2.32. The smallest absolute Gasteiger partial charge is 0.291 e. The Hall–Kier alpha value is -3.34. The van der Waals surface area contributed by atoms with Gasteiger partial charge in [0.2, 0.25) is 0 Å². The van der Waals surface area contributed by atoms with E-state index >= 15 is 0 Å². The summed E-state index contributed by atoms with van der Waals surface area (Å²) >= 11 is 0. The van der Waals surface area contributed by atoms with Crippen molar-refractivity contribution in [3.63, 3.8) is 0 Å². The molecule has 0 fully saturated rings. The zero-order valence-electron chi connectivity index (χ0n) is 14.4. The molecule has 0 saturated heterocycles. The number of rotatable bonds is 6. The number of carbonyl (C=O) groups is 2. The first-order chi connectivity index (χ1) is 12.6. The number of carbonyl (C=O) groups excluding carboxylic acids is 2. The van der Waals surface area contributed by atoms with Crippen LogP contribution in [-0.2, 0) is 0 Å². The fourth-order valence-corrected chi connectivity index (χ4v) is 2.55. The number of hydrogen-bond donors (Lipinski definition) is 2. The molecule has 0 radical (unpaired) electrons. The molecule has 1 heterocycles. The average Bonchev–Trinajstić information content (AvgIpc) is 3.22. The Labute approximate surface area is 152 Å². The predicted molar refractivity (Wildman–Crippen MR) is 100 cm³/mol. The van der Waals surface area contributed by atoms with Crippen molar-refractivity contribution in [2.75, 3.05) is 11.9 Å². The standard InChI is InChI=1S/C21H20N2O3/c1-15(16-6-3-2-4-7-16)14-22-20(24)17-9-11-18(12-10-17)23-21(25)19-8-5-13-26-19/h2-13,15H,14H2,1H3,(H,22,24)(H,23,25). The van der Waals surface area contributed by atoms with Crippen LogP contribution < -0.4 is 10.6 Å². The summed E-state index contributed by atoms with van der Waals surface area (Å²) in [5.74, 6) is -0.00527. The van der Waals surface area contributed by atoms with E-state index in [-0.39, 0.29) is 23.5 Å². The first kappa shape index (κ1) is 17.5. The van der Waals surface area contributed by atoms with Crippen LogP contribution in [0.4, 0.5) is 5.69 Å². The Morgan fingerprint density at radius 2 is 1.65 bits per heavy atom. The minimum absolute atomic E-state index is 0.142. The molecule has 2 N–H and O–H groups in total. The van der Waals surface area contributed by atoms with E-state index in [0.717, 1.165) is 0 Å². The summed E-state index contributed by atoms with van der Waals surface area (Å²) in [5, 5.41) is 5.66. The number of amides is 2. The van der Waals surface area contributed by atoms with E-state index in [1.165, 1.54) is 11.8 Å². The molecule has 26 heavy (non-hydrogen) atoms. The van der Waals surface area contributed by atoms with Gasteiger partial charge in [-0.05, 0) is 47.9 Å². The Bertz CT molecular complexity index is 856.